The second-order valence-corrected chi connectivity index (χ2v) is 13.3. The molecule has 0 amide bonds. The minimum absolute atomic E-state index is 0.0231. The van der Waals surface area contributed by atoms with Crippen LogP contribution < -0.4 is 14.4 Å². The molecule has 6 heteroatoms. The third-order valence-electron chi connectivity index (χ3n) is 9.54. The summed E-state index contributed by atoms with van der Waals surface area (Å²) in [5.41, 5.74) is 7.95. The van der Waals surface area contributed by atoms with Gasteiger partial charge in [0.2, 0.25) is 0 Å². The predicted octanol–water partition coefficient (Wildman–Crippen LogP) is 12.9. The highest BCUT2D eigenvalue weighted by molar-refractivity contribution is 6.09. The van der Waals surface area contributed by atoms with E-state index in [1.165, 1.54) is 35.4 Å². The summed E-state index contributed by atoms with van der Waals surface area (Å²) in [6, 6.07) is 63.9. The van der Waals surface area contributed by atoms with Gasteiger partial charge < -0.3 is 14.4 Å². The van der Waals surface area contributed by atoms with Crippen LogP contribution in [0.15, 0.2) is 206 Å². The number of halogens is 1. The summed E-state index contributed by atoms with van der Waals surface area (Å²) < 4.78 is 24.5. The summed E-state index contributed by atoms with van der Waals surface area (Å²) in [7, 11) is 0. The Morgan fingerprint density at radius 1 is 0.386 bits per heavy atom. The molecule has 0 N–H and O–H groups in total. The van der Waals surface area contributed by atoms with Gasteiger partial charge in [0, 0.05) is 34.4 Å². The number of para-hydroxylation sites is 6. The average Bonchev–Trinajstić information content (AvgIpc) is 3.28. The number of rotatable bonds is 5. The van der Waals surface area contributed by atoms with Gasteiger partial charge in [-0.2, -0.15) is 0 Å². The van der Waals surface area contributed by atoms with Crippen LogP contribution in [0.4, 0.5) is 21.5 Å². The Kier molecular flexibility index (Phi) is 10.8. The molecule has 2 aliphatic heterocycles. The van der Waals surface area contributed by atoms with Crippen LogP contribution in [0.5, 0.6) is 23.0 Å². The van der Waals surface area contributed by atoms with E-state index in [1.807, 2.05) is 133 Å². The first-order valence-corrected chi connectivity index (χ1v) is 18.6. The zero-order chi connectivity index (χ0) is 39.0. The number of ketones is 2. The van der Waals surface area contributed by atoms with Crippen LogP contribution in [0.2, 0.25) is 0 Å². The normalized spacial score (nSPS) is 11.6. The van der Waals surface area contributed by atoms with Crippen molar-refractivity contribution in [1.29, 1.82) is 0 Å². The van der Waals surface area contributed by atoms with Crippen molar-refractivity contribution in [3.63, 3.8) is 0 Å². The zero-order valence-corrected chi connectivity index (χ0v) is 30.8. The number of hydrogen-bond donors (Lipinski definition) is 0. The maximum atomic E-state index is 12.7. The fourth-order valence-electron chi connectivity index (χ4n) is 6.68. The minimum atomic E-state index is -0.334. The standard InChI is InChI=1S/C25H17NO2.C13H9FO.C13H10O/c27-25(18-8-2-1-3-9-18)19-14-16-20(17-15-19)26-21-10-4-6-12-23(21)28-24-13-7-5-11-22(24)26;14-12-8-6-11(7-9-12)13(15)10-4-2-1-3-5-10;1-3-7-12-10(5-1)9-11-6-2-4-8-13(11)14-12/h1-17H;1-9H;1-8H,9H2. The van der Waals surface area contributed by atoms with Gasteiger partial charge in [-0.25, -0.2) is 4.39 Å². The van der Waals surface area contributed by atoms with Crippen molar-refractivity contribution in [2.75, 3.05) is 4.90 Å². The van der Waals surface area contributed by atoms with E-state index >= 15 is 0 Å². The maximum Gasteiger partial charge on any atom is 0.193 e. The SMILES string of the molecule is O=C(c1ccccc1)c1ccc(F)cc1.O=C(c1ccccc1)c1ccc(N2c3ccccc3Oc3ccccc32)cc1.c1ccc2c(c1)Cc1ccccc1O2. The van der Waals surface area contributed by atoms with E-state index in [-0.39, 0.29) is 17.4 Å². The Hall–Kier alpha value is -7.57. The van der Waals surface area contributed by atoms with Gasteiger partial charge in [0.05, 0.1) is 11.4 Å². The molecule has 2 heterocycles. The molecule has 5 nitrogen and oxygen atoms in total. The third kappa shape index (κ3) is 8.26. The van der Waals surface area contributed by atoms with Crippen LogP contribution in [-0.2, 0) is 6.42 Å². The maximum absolute atomic E-state index is 12.7. The molecule has 0 aromatic heterocycles. The highest BCUT2D eigenvalue weighted by atomic mass is 19.1. The molecule has 0 bridgehead atoms. The molecule has 8 aromatic rings. The van der Waals surface area contributed by atoms with Gasteiger partial charge in [-0.05, 0) is 96.1 Å². The van der Waals surface area contributed by atoms with Gasteiger partial charge in [-0.3, -0.25) is 9.59 Å². The topological polar surface area (TPSA) is 55.8 Å². The molecular weight excluding hydrogens is 710 g/mol. The number of ether oxygens (including phenoxy) is 2. The Labute approximate surface area is 330 Å². The van der Waals surface area contributed by atoms with Gasteiger partial charge in [-0.1, -0.05) is 121 Å². The van der Waals surface area contributed by atoms with Gasteiger partial charge in [0.15, 0.2) is 23.1 Å². The highest BCUT2D eigenvalue weighted by Crippen LogP contribution is 2.50. The van der Waals surface area contributed by atoms with E-state index in [9.17, 15) is 14.0 Å². The summed E-state index contributed by atoms with van der Waals surface area (Å²) in [5.74, 6) is 3.21. The van der Waals surface area contributed by atoms with Crippen LogP contribution in [0.1, 0.15) is 43.0 Å². The van der Waals surface area contributed by atoms with E-state index in [1.54, 1.807) is 24.3 Å². The van der Waals surface area contributed by atoms with Crippen molar-refractivity contribution in [1.82, 2.24) is 0 Å². The summed E-state index contributed by atoms with van der Waals surface area (Å²) in [4.78, 5) is 26.7. The number of hydrogen-bond acceptors (Lipinski definition) is 5. The molecule has 0 saturated carbocycles. The van der Waals surface area contributed by atoms with E-state index < -0.39 is 0 Å². The molecule has 0 saturated heterocycles. The van der Waals surface area contributed by atoms with Gasteiger partial charge in [-0.15, -0.1) is 0 Å². The van der Waals surface area contributed by atoms with E-state index in [2.05, 4.69) is 29.2 Å². The molecule has 10 rings (SSSR count). The average molecular weight is 746 g/mol. The van der Waals surface area contributed by atoms with E-state index in [0.717, 1.165) is 46.5 Å². The zero-order valence-electron chi connectivity index (χ0n) is 30.8. The number of carbonyl (C=O) groups excluding carboxylic acids is 2. The Morgan fingerprint density at radius 3 is 1.21 bits per heavy atom. The molecule has 57 heavy (non-hydrogen) atoms. The van der Waals surface area contributed by atoms with Crippen molar-refractivity contribution in [3.8, 4) is 23.0 Å². The monoisotopic (exact) mass is 745 g/mol. The molecule has 0 radical (unpaired) electrons. The lowest BCUT2D eigenvalue weighted by atomic mass is 10.0. The Balaban J connectivity index is 0.000000132. The first-order chi connectivity index (χ1) is 28.0. The van der Waals surface area contributed by atoms with Crippen LogP contribution in [0, 0.1) is 5.82 Å². The highest BCUT2D eigenvalue weighted by Gasteiger charge is 2.25. The summed E-state index contributed by atoms with van der Waals surface area (Å²) in [6.07, 6.45) is 0.979. The molecule has 8 aromatic carbocycles. The van der Waals surface area contributed by atoms with Gasteiger partial charge in [0.1, 0.15) is 17.3 Å². The molecule has 276 valence electrons. The third-order valence-corrected chi connectivity index (χ3v) is 9.54. The lowest BCUT2D eigenvalue weighted by Gasteiger charge is -2.32. The molecule has 2 aliphatic rings. The first-order valence-electron chi connectivity index (χ1n) is 18.6. The quantitative estimate of drug-likeness (QED) is 0.164. The van der Waals surface area contributed by atoms with Crippen LogP contribution in [0.25, 0.3) is 0 Å². The number of carbonyl (C=O) groups is 2. The van der Waals surface area contributed by atoms with Gasteiger partial charge in [0.25, 0.3) is 0 Å². The van der Waals surface area contributed by atoms with Crippen molar-refractivity contribution in [2.45, 2.75) is 6.42 Å². The van der Waals surface area contributed by atoms with Crippen LogP contribution in [0.3, 0.4) is 0 Å². The number of nitrogens with zero attached hydrogens (tertiary/aromatic N) is 1. The second-order valence-electron chi connectivity index (χ2n) is 13.3. The smallest absolute Gasteiger partial charge is 0.193 e. The lowest BCUT2D eigenvalue weighted by molar-refractivity contribution is 0.103. The Morgan fingerprint density at radius 2 is 0.737 bits per heavy atom. The lowest BCUT2D eigenvalue weighted by Crippen LogP contribution is -2.15. The predicted molar refractivity (Wildman–Crippen MR) is 223 cm³/mol. The number of anilines is 3. The molecular formula is C51H36FNO4. The fourth-order valence-corrected chi connectivity index (χ4v) is 6.68. The van der Waals surface area contributed by atoms with Gasteiger partial charge >= 0.3 is 0 Å². The molecule has 0 spiro atoms. The minimum Gasteiger partial charge on any atom is -0.457 e. The number of fused-ring (bicyclic) bond motifs is 4. The summed E-state index contributed by atoms with van der Waals surface area (Å²) in [6.45, 7) is 0. The van der Waals surface area contributed by atoms with Crippen molar-refractivity contribution < 1.29 is 23.5 Å². The summed E-state index contributed by atoms with van der Waals surface area (Å²) in [5, 5.41) is 0. The summed E-state index contributed by atoms with van der Waals surface area (Å²) >= 11 is 0. The fraction of sp³-hybridized carbons (Fsp3) is 0.0196. The van der Waals surface area contributed by atoms with E-state index in [0.29, 0.717) is 22.3 Å². The van der Waals surface area contributed by atoms with Crippen LogP contribution in [-0.4, -0.2) is 11.6 Å². The Bertz CT molecular complexity index is 2510. The van der Waals surface area contributed by atoms with Crippen molar-refractivity contribution in [3.05, 3.63) is 245 Å². The molecule has 0 aliphatic carbocycles. The molecule has 0 unspecified atom stereocenters. The largest absolute Gasteiger partial charge is 0.457 e. The molecule has 0 fully saturated rings. The van der Waals surface area contributed by atoms with Crippen LogP contribution >= 0.6 is 0 Å². The second kappa shape index (κ2) is 16.8. The van der Waals surface area contributed by atoms with E-state index in [4.69, 9.17) is 9.47 Å². The van der Waals surface area contributed by atoms with Crippen molar-refractivity contribution >= 4 is 28.6 Å². The van der Waals surface area contributed by atoms with Crippen molar-refractivity contribution in [2.24, 2.45) is 0 Å². The number of benzene rings is 8. The molecule has 0 atom stereocenters. The first kappa shape index (κ1) is 36.4.